The molecule has 3 rings (SSSR count). The Morgan fingerprint density at radius 2 is 1.75 bits per heavy atom. The van der Waals surface area contributed by atoms with Gasteiger partial charge in [-0.25, -0.2) is 4.39 Å². The molecule has 0 saturated heterocycles. The number of hydrogen-bond donors (Lipinski definition) is 1. The minimum atomic E-state index is -0.536. The molecule has 2 nitrogen and oxygen atoms in total. The average Bonchev–Trinajstić information content (AvgIpc) is 2.83. The summed E-state index contributed by atoms with van der Waals surface area (Å²) in [6.07, 6.45) is 1.61. The van der Waals surface area contributed by atoms with Crippen LogP contribution in [-0.4, -0.2) is 10.8 Å². The highest BCUT2D eigenvalue weighted by Crippen LogP contribution is 2.30. The molecule has 5 heteroatoms. The van der Waals surface area contributed by atoms with Gasteiger partial charge in [0.05, 0.1) is 5.56 Å². The summed E-state index contributed by atoms with van der Waals surface area (Å²) >= 11 is 6.66. The molecule has 0 saturated carbocycles. The van der Waals surface area contributed by atoms with E-state index < -0.39 is 5.82 Å². The van der Waals surface area contributed by atoms with E-state index in [-0.39, 0.29) is 11.3 Å². The number of rotatable bonds is 2. The number of hydrogen-bond acceptors (Lipinski definition) is 1. The zero-order chi connectivity index (χ0) is 14.3. The van der Waals surface area contributed by atoms with E-state index in [2.05, 4.69) is 36.8 Å². The Kier molecular flexibility index (Phi) is 3.48. The van der Waals surface area contributed by atoms with E-state index in [9.17, 15) is 9.18 Å². The number of aromatic amines is 1. The maximum atomic E-state index is 13.9. The van der Waals surface area contributed by atoms with Crippen LogP contribution in [0.1, 0.15) is 15.9 Å². The molecule has 0 unspecified atom stereocenters. The third-order valence-electron chi connectivity index (χ3n) is 3.09. The summed E-state index contributed by atoms with van der Waals surface area (Å²) in [5.74, 6) is -0.890. The number of benzene rings is 2. The van der Waals surface area contributed by atoms with Crippen LogP contribution in [0, 0.1) is 5.82 Å². The largest absolute Gasteiger partial charge is 0.360 e. The fourth-order valence-electron chi connectivity index (χ4n) is 2.17. The summed E-state index contributed by atoms with van der Waals surface area (Å²) in [5, 5.41) is 0.757. The van der Waals surface area contributed by atoms with E-state index in [0.717, 1.165) is 15.4 Å². The highest BCUT2D eigenvalue weighted by Gasteiger charge is 2.21. The smallest absolute Gasteiger partial charge is 0.199 e. The van der Waals surface area contributed by atoms with E-state index in [1.54, 1.807) is 18.3 Å². The summed E-state index contributed by atoms with van der Waals surface area (Å²) in [5.41, 5.74) is 1.32. The van der Waals surface area contributed by atoms with Gasteiger partial charge in [0, 0.05) is 31.6 Å². The Bertz CT molecular complexity index is 806. The van der Waals surface area contributed by atoms with E-state index in [0.29, 0.717) is 10.0 Å². The molecule has 0 amide bonds. The third kappa shape index (κ3) is 2.11. The monoisotopic (exact) mass is 395 g/mol. The molecule has 1 N–H and O–H groups in total. The Hall–Kier alpha value is -1.46. The van der Waals surface area contributed by atoms with Gasteiger partial charge in [-0.2, -0.15) is 0 Å². The van der Waals surface area contributed by atoms with Gasteiger partial charge < -0.3 is 4.98 Å². The fourth-order valence-corrected chi connectivity index (χ4v) is 3.27. The molecule has 0 radical (unpaired) electrons. The number of H-pyrrole nitrogens is 1. The molecule has 1 aromatic heterocycles. The maximum absolute atomic E-state index is 13.9. The van der Waals surface area contributed by atoms with Crippen LogP contribution < -0.4 is 0 Å². The highest BCUT2D eigenvalue weighted by molar-refractivity contribution is 9.11. The molecule has 100 valence electrons. The van der Waals surface area contributed by atoms with Crippen molar-refractivity contribution in [3.05, 3.63) is 68.5 Å². The van der Waals surface area contributed by atoms with E-state index >= 15 is 0 Å². The number of fused-ring (bicyclic) bond motifs is 1. The van der Waals surface area contributed by atoms with E-state index in [1.807, 2.05) is 18.2 Å². The van der Waals surface area contributed by atoms with Crippen molar-refractivity contribution in [2.75, 3.05) is 0 Å². The predicted molar refractivity (Wildman–Crippen MR) is 83.5 cm³/mol. The van der Waals surface area contributed by atoms with Crippen LogP contribution in [0.2, 0.25) is 0 Å². The van der Waals surface area contributed by atoms with Gasteiger partial charge in [-0.05, 0) is 40.2 Å². The SMILES string of the molecule is O=C(c1c(F)cccc1Br)c1c[nH]c2cccc(Br)c12. The number of ketones is 1. The first-order valence-electron chi connectivity index (χ1n) is 5.84. The van der Waals surface area contributed by atoms with Crippen molar-refractivity contribution in [1.82, 2.24) is 4.98 Å². The minimum absolute atomic E-state index is 0.0455. The quantitative estimate of drug-likeness (QED) is 0.603. The molecule has 0 aliphatic carbocycles. The molecular formula is C15H8Br2FNO. The first kappa shape index (κ1) is 13.5. The number of halogens is 3. The zero-order valence-corrected chi connectivity index (χ0v) is 13.3. The van der Waals surface area contributed by atoms with Crippen LogP contribution in [0.25, 0.3) is 10.9 Å². The van der Waals surface area contributed by atoms with Crippen molar-refractivity contribution >= 4 is 48.5 Å². The van der Waals surface area contributed by atoms with Gasteiger partial charge in [0.2, 0.25) is 0 Å². The van der Waals surface area contributed by atoms with Crippen LogP contribution in [0.5, 0.6) is 0 Å². The predicted octanol–water partition coefficient (Wildman–Crippen LogP) is 5.06. The Morgan fingerprint density at radius 3 is 2.50 bits per heavy atom. The van der Waals surface area contributed by atoms with Crippen molar-refractivity contribution in [2.45, 2.75) is 0 Å². The molecule has 0 aliphatic heterocycles. The Morgan fingerprint density at radius 1 is 1.05 bits per heavy atom. The fraction of sp³-hybridized carbons (Fsp3) is 0. The van der Waals surface area contributed by atoms with Gasteiger partial charge in [0.15, 0.2) is 5.78 Å². The van der Waals surface area contributed by atoms with Crippen molar-refractivity contribution in [1.29, 1.82) is 0 Å². The minimum Gasteiger partial charge on any atom is -0.360 e. The lowest BCUT2D eigenvalue weighted by molar-refractivity contribution is 0.103. The van der Waals surface area contributed by atoms with Crippen molar-refractivity contribution in [2.24, 2.45) is 0 Å². The van der Waals surface area contributed by atoms with Gasteiger partial charge in [-0.1, -0.05) is 28.1 Å². The number of carbonyl (C=O) groups excluding carboxylic acids is 1. The normalized spacial score (nSPS) is 10.9. The standard InChI is InChI=1S/C15H8Br2FNO/c16-9-4-2-6-12-13(9)8(7-19-12)15(20)14-10(17)3-1-5-11(14)18/h1-7,19H. The van der Waals surface area contributed by atoms with Crippen LogP contribution in [0.15, 0.2) is 51.5 Å². The molecule has 0 spiro atoms. The second-order valence-corrected chi connectivity index (χ2v) is 6.00. The summed E-state index contributed by atoms with van der Waals surface area (Å²) in [6, 6.07) is 10.1. The van der Waals surface area contributed by atoms with E-state index in [1.165, 1.54) is 6.07 Å². The lowest BCUT2D eigenvalue weighted by Gasteiger charge is -2.05. The molecule has 0 aliphatic rings. The van der Waals surface area contributed by atoms with Crippen LogP contribution in [0.4, 0.5) is 4.39 Å². The van der Waals surface area contributed by atoms with Gasteiger partial charge in [0.25, 0.3) is 0 Å². The Labute approximate surface area is 131 Å². The third-order valence-corrected chi connectivity index (χ3v) is 4.41. The van der Waals surface area contributed by atoms with Crippen molar-refractivity contribution in [3.63, 3.8) is 0 Å². The second-order valence-electron chi connectivity index (χ2n) is 4.29. The molecule has 0 atom stereocenters. The summed E-state index contributed by atoms with van der Waals surface area (Å²) < 4.78 is 15.2. The summed E-state index contributed by atoms with van der Waals surface area (Å²) in [4.78, 5) is 15.6. The zero-order valence-electron chi connectivity index (χ0n) is 10.1. The van der Waals surface area contributed by atoms with Gasteiger partial charge >= 0.3 is 0 Å². The maximum Gasteiger partial charge on any atom is 0.199 e. The summed E-state index contributed by atoms with van der Waals surface area (Å²) in [6.45, 7) is 0. The summed E-state index contributed by atoms with van der Waals surface area (Å²) in [7, 11) is 0. The number of carbonyl (C=O) groups is 1. The molecule has 0 bridgehead atoms. The van der Waals surface area contributed by atoms with E-state index in [4.69, 9.17) is 0 Å². The van der Waals surface area contributed by atoms with Crippen LogP contribution >= 0.6 is 31.9 Å². The molecule has 3 aromatic rings. The second kappa shape index (κ2) is 5.14. The van der Waals surface area contributed by atoms with Crippen molar-refractivity contribution in [3.8, 4) is 0 Å². The molecule has 0 fully saturated rings. The highest BCUT2D eigenvalue weighted by atomic mass is 79.9. The first-order chi connectivity index (χ1) is 9.59. The lowest BCUT2D eigenvalue weighted by Crippen LogP contribution is -2.05. The van der Waals surface area contributed by atoms with Gasteiger partial charge in [0.1, 0.15) is 5.82 Å². The average molecular weight is 397 g/mol. The van der Waals surface area contributed by atoms with Crippen LogP contribution in [0.3, 0.4) is 0 Å². The number of nitrogens with one attached hydrogen (secondary N) is 1. The molecule has 2 aromatic carbocycles. The topological polar surface area (TPSA) is 32.9 Å². The van der Waals surface area contributed by atoms with Crippen molar-refractivity contribution < 1.29 is 9.18 Å². The Balaban J connectivity index is 2.24. The van der Waals surface area contributed by atoms with Crippen LogP contribution in [-0.2, 0) is 0 Å². The first-order valence-corrected chi connectivity index (χ1v) is 7.42. The lowest BCUT2D eigenvalue weighted by atomic mass is 10.0. The molecular weight excluding hydrogens is 389 g/mol. The van der Waals surface area contributed by atoms with Gasteiger partial charge in [-0.3, -0.25) is 4.79 Å². The molecule has 20 heavy (non-hydrogen) atoms. The molecule has 1 heterocycles. The number of aromatic nitrogens is 1. The van der Waals surface area contributed by atoms with Gasteiger partial charge in [-0.15, -0.1) is 0 Å².